The third-order valence-corrected chi connectivity index (χ3v) is 6.35. The van der Waals surface area contributed by atoms with Crippen molar-refractivity contribution in [1.82, 2.24) is 10.6 Å². The Balaban J connectivity index is 1.86. The van der Waals surface area contributed by atoms with Crippen molar-refractivity contribution in [1.29, 1.82) is 0 Å². The van der Waals surface area contributed by atoms with Gasteiger partial charge in [0.15, 0.2) is 0 Å². The number of carboxylic acids is 1. The van der Waals surface area contributed by atoms with Gasteiger partial charge in [0.1, 0.15) is 17.0 Å². The second-order valence-corrected chi connectivity index (χ2v) is 7.93. The van der Waals surface area contributed by atoms with Crippen LogP contribution in [0.25, 0.3) is 0 Å². The Hall–Kier alpha value is -3.39. The summed E-state index contributed by atoms with van der Waals surface area (Å²) < 4.78 is 11.0. The zero-order valence-electron chi connectivity index (χ0n) is 17.5. The lowest BCUT2D eigenvalue weighted by Gasteiger charge is -2.30. The second-order valence-electron chi connectivity index (χ2n) is 7.93. The average molecular weight is 424 g/mol. The van der Waals surface area contributed by atoms with Gasteiger partial charge in [0, 0.05) is 23.6 Å². The number of rotatable bonds is 6. The summed E-state index contributed by atoms with van der Waals surface area (Å²) in [5, 5.41) is 15.8. The van der Waals surface area contributed by atoms with Crippen LogP contribution in [-0.2, 0) is 20.8 Å². The van der Waals surface area contributed by atoms with Crippen molar-refractivity contribution in [2.75, 3.05) is 14.2 Å². The van der Waals surface area contributed by atoms with Crippen molar-refractivity contribution >= 4 is 17.8 Å². The molecular weight excluding hydrogens is 400 g/mol. The molecule has 8 heteroatoms. The molecule has 162 valence electrons. The SMILES string of the molecule is COc1ccc(C2NC(Cc3ccccc3)(C(=O)O)C3C(=O)NC(=O)C23)c(OC)c1C. The summed E-state index contributed by atoms with van der Waals surface area (Å²) in [6.45, 7) is 1.82. The highest BCUT2D eigenvalue weighted by Gasteiger charge is 2.66. The number of nitrogens with one attached hydrogen (secondary N) is 2. The van der Waals surface area contributed by atoms with E-state index < -0.39 is 41.2 Å². The maximum absolute atomic E-state index is 12.8. The second kappa shape index (κ2) is 7.70. The predicted molar refractivity (Wildman–Crippen MR) is 111 cm³/mol. The molecule has 0 aromatic heterocycles. The van der Waals surface area contributed by atoms with Gasteiger partial charge in [-0.3, -0.25) is 25.0 Å². The van der Waals surface area contributed by atoms with Crippen LogP contribution in [0.5, 0.6) is 11.5 Å². The highest BCUT2D eigenvalue weighted by atomic mass is 16.5. The summed E-state index contributed by atoms with van der Waals surface area (Å²) in [5.41, 5.74) is 0.436. The highest BCUT2D eigenvalue weighted by Crippen LogP contribution is 2.50. The molecule has 2 amide bonds. The van der Waals surface area contributed by atoms with Gasteiger partial charge in [-0.1, -0.05) is 36.4 Å². The third-order valence-electron chi connectivity index (χ3n) is 6.35. The van der Waals surface area contributed by atoms with Crippen LogP contribution in [0.15, 0.2) is 42.5 Å². The van der Waals surface area contributed by atoms with Crippen LogP contribution < -0.4 is 20.1 Å². The maximum Gasteiger partial charge on any atom is 0.325 e. The first-order valence-electron chi connectivity index (χ1n) is 9.95. The Kier molecular flexibility index (Phi) is 5.18. The molecule has 2 heterocycles. The maximum atomic E-state index is 12.8. The van der Waals surface area contributed by atoms with Crippen LogP contribution >= 0.6 is 0 Å². The van der Waals surface area contributed by atoms with Crippen molar-refractivity contribution in [3.8, 4) is 11.5 Å². The lowest BCUT2D eigenvalue weighted by molar-refractivity contribution is -0.149. The van der Waals surface area contributed by atoms with Gasteiger partial charge in [0.25, 0.3) is 0 Å². The van der Waals surface area contributed by atoms with E-state index in [0.29, 0.717) is 17.1 Å². The summed E-state index contributed by atoms with van der Waals surface area (Å²) in [6.07, 6.45) is 0.0546. The molecule has 2 fully saturated rings. The number of aliphatic carboxylic acids is 1. The van der Waals surface area contributed by atoms with E-state index in [0.717, 1.165) is 11.1 Å². The van der Waals surface area contributed by atoms with E-state index in [1.54, 1.807) is 19.2 Å². The van der Waals surface area contributed by atoms with E-state index in [4.69, 9.17) is 9.47 Å². The van der Waals surface area contributed by atoms with Crippen LogP contribution in [-0.4, -0.2) is 42.6 Å². The molecule has 0 radical (unpaired) electrons. The van der Waals surface area contributed by atoms with E-state index in [1.165, 1.54) is 7.11 Å². The van der Waals surface area contributed by atoms with Gasteiger partial charge in [-0.25, -0.2) is 0 Å². The zero-order chi connectivity index (χ0) is 22.3. The minimum absolute atomic E-state index is 0.0546. The summed E-state index contributed by atoms with van der Waals surface area (Å²) in [5.74, 6) is -3.09. The van der Waals surface area contributed by atoms with Crippen molar-refractivity contribution in [3.63, 3.8) is 0 Å². The third kappa shape index (κ3) is 3.14. The van der Waals surface area contributed by atoms with E-state index in [9.17, 15) is 19.5 Å². The van der Waals surface area contributed by atoms with E-state index in [1.807, 2.05) is 37.3 Å². The van der Waals surface area contributed by atoms with E-state index >= 15 is 0 Å². The smallest absolute Gasteiger partial charge is 0.325 e. The van der Waals surface area contributed by atoms with Gasteiger partial charge >= 0.3 is 5.97 Å². The molecule has 0 bridgehead atoms. The van der Waals surface area contributed by atoms with Gasteiger partial charge in [-0.05, 0) is 18.6 Å². The summed E-state index contributed by atoms with van der Waals surface area (Å²) in [7, 11) is 3.05. The Morgan fingerprint density at radius 2 is 1.77 bits per heavy atom. The first-order valence-corrected chi connectivity index (χ1v) is 9.95. The molecule has 2 aliphatic heterocycles. The first-order chi connectivity index (χ1) is 14.8. The largest absolute Gasteiger partial charge is 0.496 e. The van der Waals surface area contributed by atoms with Gasteiger partial charge < -0.3 is 14.6 Å². The number of methoxy groups -OCH3 is 2. The van der Waals surface area contributed by atoms with E-state index in [2.05, 4.69) is 10.6 Å². The molecule has 8 nitrogen and oxygen atoms in total. The van der Waals surface area contributed by atoms with Crippen molar-refractivity contribution < 1.29 is 29.0 Å². The molecule has 31 heavy (non-hydrogen) atoms. The minimum Gasteiger partial charge on any atom is -0.496 e. The topological polar surface area (TPSA) is 114 Å². The molecule has 0 aliphatic carbocycles. The Bertz CT molecular complexity index is 1050. The number of hydrogen-bond acceptors (Lipinski definition) is 6. The van der Waals surface area contributed by atoms with Crippen molar-refractivity contribution in [2.24, 2.45) is 11.8 Å². The number of benzene rings is 2. The first kappa shape index (κ1) is 20.9. The number of carbonyl (C=O) groups is 3. The number of hydrogen-bond donors (Lipinski definition) is 3. The van der Waals surface area contributed by atoms with Gasteiger partial charge in [0.05, 0.1) is 26.1 Å². The van der Waals surface area contributed by atoms with Crippen molar-refractivity contribution in [2.45, 2.75) is 24.9 Å². The number of fused-ring (bicyclic) bond motifs is 1. The summed E-state index contributed by atoms with van der Waals surface area (Å²) in [4.78, 5) is 38.2. The molecule has 2 saturated heterocycles. The number of carbonyl (C=O) groups excluding carboxylic acids is 2. The number of ether oxygens (including phenoxy) is 2. The summed E-state index contributed by atoms with van der Waals surface area (Å²) in [6, 6.07) is 11.8. The van der Waals surface area contributed by atoms with Crippen LogP contribution in [0.2, 0.25) is 0 Å². The molecule has 2 aromatic rings. The van der Waals surface area contributed by atoms with Crippen molar-refractivity contribution in [3.05, 3.63) is 59.2 Å². The molecule has 4 unspecified atom stereocenters. The molecule has 4 rings (SSSR count). The van der Waals surface area contributed by atoms with Crippen LogP contribution in [0.4, 0.5) is 0 Å². The standard InChI is InChI=1S/C23H24N2O6/c1-12-15(30-2)10-9-14(19(12)31-3)18-16-17(21(27)24-20(16)26)23(25-18,22(28)29)11-13-7-5-4-6-8-13/h4-10,16-18,25H,11H2,1-3H3,(H,28,29)(H,24,26,27). The fraction of sp³-hybridized carbons (Fsp3) is 0.348. The highest BCUT2D eigenvalue weighted by molar-refractivity contribution is 6.09. The number of imide groups is 1. The van der Waals surface area contributed by atoms with Crippen LogP contribution in [0.3, 0.4) is 0 Å². The molecule has 0 saturated carbocycles. The van der Waals surface area contributed by atoms with Gasteiger partial charge in [0.2, 0.25) is 11.8 Å². The monoisotopic (exact) mass is 424 g/mol. The Labute approximate surface area is 179 Å². The number of amides is 2. The van der Waals surface area contributed by atoms with Crippen LogP contribution in [0.1, 0.15) is 22.7 Å². The fourth-order valence-corrected chi connectivity index (χ4v) is 4.98. The minimum atomic E-state index is -1.65. The molecule has 4 atom stereocenters. The van der Waals surface area contributed by atoms with E-state index in [-0.39, 0.29) is 6.42 Å². The van der Waals surface area contributed by atoms with Crippen LogP contribution in [0, 0.1) is 18.8 Å². The number of carboxylic acid groups (broad SMARTS) is 1. The molecular formula is C23H24N2O6. The average Bonchev–Trinajstić information content (AvgIpc) is 3.25. The Morgan fingerprint density at radius 3 is 2.39 bits per heavy atom. The normalized spacial score (nSPS) is 27.0. The van der Waals surface area contributed by atoms with Gasteiger partial charge in [-0.2, -0.15) is 0 Å². The predicted octanol–water partition coefficient (Wildman–Crippen LogP) is 1.61. The zero-order valence-corrected chi connectivity index (χ0v) is 17.5. The molecule has 2 aliphatic rings. The lowest BCUT2D eigenvalue weighted by Crippen LogP contribution is -2.57. The summed E-state index contributed by atoms with van der Waals surface area (Å²) >= 11 is 0. The molecule has 3 N–H and O–H groups in total. The molecule has 0 spiro atoms. The quantitative estimate of drug-likeness (QED) is 0.604. The molecule has 2 aromatic carbocycles. The fourth-order valence-electron chi connectivity index (χ4n) is 4.98. The Morgan fingerprint density at radius 1 is 1.06 bits per heavy atom. The van der Waals surface area contributed by atoms with Gasteiger partial charge in [-0.15, -0.1) is 0 Å². The lowest BCUT2D eigenvalue weighted by atomic mass is 9.76.